The van der Waals surface area contributed by atoms with E-state index in [9.17, 15) is 4.39 Å². The van der Waals surface area contributed by atoms with E-state index in [2.05, 4.69) is 17.3 Å². The second kappa shape index (κ2) is 3.90. The van der Waals surface area contributed by atoms with E-state index < -0.39 is 0 Å². The Balaban J connectivity index is 2.07. The van der Waals surface area contributed by atoms with Gasteiger partial charge >= 0.3 is 0 Å². The molecule has 4 heteroatoms. The topological polar surface area (TPSA) is 28.0 Å². The van der Waals surface area contributed by atoms with Crippen LogP contribution in [0.15, 0.2) is 34.0 Å². The Morgan fingerprint density at radius 1 is 1.64 bits per heavy atom. The number of unbranched alkanes of at least 4 members (excludes halogenated alkanes) is 1. The molecule has 0 saturated heterocycles. The average molecular weight is 195 g/mol. The van der Waals surface area contributed by atoms with Crippen LogP contribution in [-0.4, -0.2) is 17.6 Å². The van der Waals surface area contributed by atoms with Crippen molar-refractivity contribution in [3.05, 3.63) is 23.7 Å². The van der Waals surface area contributed by atoms with E-state index in [0.29, 0.717) is 6.42 Å². The number of hydrogen-bond acceptors (Lipinski definition) is 3. The van der Waals surface area contributed by atoms with E-state index in [1.54, 1.807) is 12.2 Å². The largest absolute Gasteiger partial charge is 0.249 e. The summed E-state index contributed by atoms with van der Waals surface area (Å²) in [4.78, 5) is 0. The summed E-state index contributed by atoms with van der Waals surface area (Å²) < 4.78 is 13.0. The van der Waals surface area contributed by atoms with Crippen molar-refractivity contribution >= 4 is 0 Å². The van der Waals surface area contributed by atoms with Crippen LogP contribution >= 0.6 is 0 Å². The lowest BCUT2D eigenvalue weighted by atomic mass is 10.1. The number of hydrogen-bond donors (Lipinski definition) is 0. The first-order chi connectivity index (χ1) is 6.81. The molecule has 0 saturated carbocycles. The number of fused-ring (bicyclic) bond motifs is 1. The zero-order valence-corrected chi connectivity index (χ0v) is 8.28. The van der Waals surface area contributed by atoms with E-state index in [1.807, 2.05) is 5.01 Å². The lowest BCUT2D eigenvalue weighted by Gasteiger charge is -2.18. The SMILES string of the molecule is CCCCN1N=NC2CC=C(F)C=C21. The van der Waals surface area contributed by atoms with E-state index >= 15 is 0 Å². The summed E-state index contributed by atoms with van der Waals surface area (Å²) in [5, 5.41) is 9.96. The molecule has 0 bridgehead atoms. The van der Waals surface area contributed by atoms with Crippen molar-refractivity contribution in [2.24, 2.45) is 10.3 Å². The zero-order chi connectivity index (χ0) is 9.97. The van der Waals surface area contributed by atoms with Gasteiger partial charge in [-0.15, -0.1) is 0 Å². The lowest BCUT2D eigenvalue weighted by Crippen LogP contribution is -2.21. The fraction of sp³-hybridized carbons (Fsp3) is 0.600. The maximum atomic E-state index is 13.0. The van der Waals surface area contributed by atoms with Crippen LogP contribution in [0, 0.1) is 0 Å². The molecule has 0 N–H and O–H groups in total. The standard InChI is InChI=1S/C10H14FN3/c1-2-3-6-14-10-7-8(11)4-5-9(10)12-13-14/h4,7,9H,2-3,5-6H2,1H3. The van der Waals surface area contributed by atoms with E-state index in [-0.39, 0.29) is 11.9 Å². The normalized spacial score (nSPS) is 24.7. The van der Waals surface area contributed by atoms with Gasteiger partial charge in [-0.05, 0) is 25.0 Å². The van der Waals surface area contributed by atoms with Crippen molar-refractivity contribution in [2.75, 3.05) is 6.54 Å². The summed E-state index contributed by atoms with van der Waals surface area (Å²) in [6.45, 7) is 2.97. The maximum Gasteiger partial charge on any atom is 0.121 e. The second-order valence-electron chi connectivity index (χ2n) is 3.59. The molecule has 3 nitrogen and oxygen atoms in total. The van der Waals surface area contributed by atoms with E-state index in [0.717, 1.165) is 25.1 Å². The highest BCUT2D eigenvalue weighted by Crippen LogP contribution is 2.30. The molecule has 1 unspecified atom stereocenters. The van der Waals surface area contributed by atoms with Crippen LogP contribution in [0.3, 0.4) is 0 Å². The van der Waals surface area contributed by atoms with Gasteiger partial charge in [-0.25, -0.2) is 9.40 Å². The molecule has 0 fully saturated rings. The average Bonchev–Trinajstić information content (AvgIpc) is 2.57. The van der Waals surface area contributed by atoms with Crippen molar-refractivity contribution in [3.63, 3.8) is 0 Å². The van der Waals surface area contributed by atoms with Crippen LogP contribution in [-0.2, 0) is 0 Å². The predicted molar refractivity (Wildman–Crippen MR) is 52.1 cm³/mol. The highest BCUT2D eigenvalue weighted by Gasteiger charge is 2.27. The smallest absolute Gasteiger partial charge is 0.121 e. The van der Waals surface area contributed by atoms with Gasteiger partial charge in [0, 0.05) is 6.54 Å². The Labute approximate surface area is 83.0 Å². The highest BCUT2D eigenvalue weighted by atomic mass is 19.1. The fourth-order valence-electron chi connectivity index (χ4n) is 1.65. The first kappa shape index (κ1) is 9.37. The Kier molecular flexibility index (Phi) is 2.61. The molecule has 0 radical (unpaired) electrons. The van der Waals surface area contributed by atoms with Gasteiger partial charge in [0.1, 0.15) is 11.9 Å². The molecule has 0 aromatic rings. The molecule has 1 aliphatic carbocycles. The van der Waals surface area contributed by atoms with Gasteiger partial charge in [-0.1, -0.05) is 18.6 Å². The highest BCUT2D eigenvalue weighted by molar-refractivity contribution is 5.28. The van der Waals surface area contributed by atoms with Gasteiger partial charge < -0.3 is 0 Å². The second-order valence-corrected chi connectivity index (χ2v) is 3.59. The number of halogens is 1. The molecular weight excluding hydrogens is 181 g/mol. The summed E-state index contributed by atoms with van der Waals surface area (Å²) in [6.07, 6.45) is 5.93. The Morgan fingerprint density at radius 3 is 3.29 bits per heavy atom. The zero-order valence-electron chi connectivity index (χ0n) is 8.28. The molecule has 0 aromatic heterocycles. The molecule has 14 heavy (non-hydrogen) atoms. The molecule has 0 aromatic carbocycles. The van der Waals surface area contributed by atoms with Crippen LogP contribution < -0.4 is 0 Å². The monoisotopic (exact) mass is 195 g/mol. The van der Waals surface area contributed by atoms with E-state index in [1.165, 1.54) is 0 Å². The molecule has 2 rings (SSSR count). The summed E-state index contributed by atoms with van der Waals surface area (Å²) in [6, 6.07) is 0.0614. The van der Waals surface area contributed by atoms with E-state index in [4.69, 9.17) is 0 Å². The molecule has 76 valence electrons. The van der Waals surface area contributed by atoms with Gasteiger partial charge in [0.15, 0.2) is 0 Å². The summed E-state index contributed by atoms with van der Waals surface area (Å²) in [5.41, 5.74) is 0.915. The quantitative estimate of drug-likeness (QED) is 0.680. The van der Waals surface area contributed by atoms with Crippen molar-refractivity contribution < 1.29 is 4.39 Å². The third kappa shape index (κ3) is 1.69. The lowest BCUT2D eigenvalue weighted by molar-refractivity contribution is 0.358. The third-order valence-electron chi connectivity index (χ3n) is 2.48. The molecule has 1 heterocycles. The van der Waals surface area contributed by atoms with Crippen molar-refractivity contribution in [1.29, 1.82) is 0 Å². The number of nitrogens with zero attached hydrogens (tertiary/aromatic N) is 3. The van der Waals surface area contributed by atoms with Gasteiger partial charge in [-0.2, -0.15) is 5.11 Å². The molecule has 2 aliphatic rings. The van der Waals surface area contributed by atoms with Gasteiger partial charge in [0.05, 0.1) is 5.70 Å². The molecule has 0 spiro atoms. The van der Waals surface area contributed by atoms with Gasteiger partial charge in [-0.3, -0.25) is 0 Å². The maximum absolute atomic E-state index is 13.0. The fourth-order valence-corrected chi connectivity index (χ4v) is 1.65. The first-order valence-electron chi connectivity index (χ1n) is 5.07. The Hall–Kier alpha value is -1.19. The van der Waals surface area contributed by atoms with Crippen LogP contribution in [0.2, 0.25) is 0 Å². The molecular formula is C10H14FN3. The third-order valence-corrected chi connectivity index (χ3v) is 2.48. The van der Waals surface area contributed by atoms with Crippen LogP contribution in [0.25, 0.3) is 0 Å². The number of rotatable bonds is 3. The van der Waals surface area contributed by atoms with Crippen molar-refractivity contribution in [1.82, 2.24) is 5.01 Å². The van der Waals surface area contributed by atoms with Crippen molar-refractivity contribution in [3.8, 4) is 0 Å². The summed E-state index contributed by atoms with van der Waals surface area (Å²) >= 11 is 0. The van der Waals surface area contributed by atoms with Gasteiger partial charge in [0.2, 0.25) is 0 Å². The minimum absolute atomic E-state index is 0.0614. The van der Waals surface area contributed by atoms with Crippen molar-refractivity contribution in [2.45, 2.75) is 32.2 Å². The van der Waals surface area contributed by atoms with Gasteiger partial charge in [0.25, 0.3) is 0 Å². The summed E-state index contributed by atoms with van der Waals surface area (Å²) in [5.74, 6) is -0.162. The molecule has 1 aliphatic heterocycles. The Bertz CT molecular complexity index is 306. The van der Waals surface area contributed by atoms with Crippen LogP contribution in [0.4, 0.5) is 4.39 Å². The minimum atomic E-state index is -0.162. The number of allylic oxidation sites excluding steroid dienone is 2. The summed E-state index contributed by atoms with van der Waals surface area (Å²) in [7, 11) is 0. The minimum Gasteiger partial charge on any atom is -0.249 e. The molecule has 1 atom stereocenters. The molecule has 0 amide bonds. The predicted octanol–water partition coefficient (Wildman–Crippen LogP) is 2.98. The van der Waals surface area contributed by atoms with Crippen LogP contribution in [0.1, 0.15) is 26.2 Å². The Morgan fingerprint density at radius 2 is 2.50 bits per heavy atom. The first-order valence-corrected chi connectivity index (χ1v) is 5.07. The van der Waals surface area contributed by atoms with Crippen LogP contribution in [0.5, 0.6) is 0 Å².